The summed E-state index contributed by atoms with van der Waals surface area (Å²) in [5.41, 5.74) is 1.67. The molecule has 0 saturated carbocycles. The normalized spacial score (nSPS) is 19.7. The summed E-state index contributed by atoms with van der Waals surface area (Å²) in [7, 11) is -3.52. The molecule has 1 atom stereocenters. The van der Waals surface area contributed by atoms with E-state index in [4.69, 9.17) is 4.52 Å². The van der Waals surface area contributed by atoms with Gasteiger partial charge in [0.25, 0.3) is 0 Å². The largest absolute Gasteiger partial charge is 0.361 e. The van der Waals surface area contributed by atoms with Gasteiger partial charge in [0.2, 0.25) is 10.0 Å². The molecule has 3 rings (SSSR count). The van der Waals surface area contributed by atoms with Crippen LogP contribution in [0.2, 0.25) is 0 Å². The molecule has 1 fully saturated rings. The molecule has 0 radical (unpaired) electrons. The molecule has 0 amide bonds. The molecule has 5 nitrogen and oxygen atoms in total. The number of aryl methyl sites for hydroxylation is 2. The maximum absolute atomic E-state index is 12.9. The quantitative estimate of drug-likeness (QED) is 0.810. The van der Waals surface area contributed by atoms with Crippen molar-refractivity contribution in [1.82, 2.24) is 9.46 Å². The highest BCUT2D eigenvalue weighted by molar-refractivity contribution is 9.10. The fourth-order valence-corrected chi connectivity index (χ4v) is 4.95. The predicted molar refractivity (Wildman–Crippen MR) is 86.0 cm³/mol. The smallest absolute Gasteiger partial charge is 0.243 e. The van der Waals surface area contributed by atoms with Crippen LogP contribution in [-0.2, 0) is 10.0 Å². The van der Waals surface area contributed by atoms with Gasteiger partial charge in [-0.1, -0.05) is 21.1 Å². The van der Waals surface area contributed by atoms with Gasteiger partial charge >= 0.3 is 0 Å². The average Bonchev–Trinajstić information content (AvgIpc) is 3.06. The Morgan fingerprint density at radius 3 is 2.55 bits per heavy atom. The number of hydrogen-bond acceptors (Lipinski definition) is 4. The van der Waals surface area contributed by atoms with Crippen molar-refractivity contribution in [3.8, 4) is 0 Å². The zero-order valence-electron chi connectivity index (χ0n) is 12.4. The van der Waals surface area contributed by atoms with Gasteiger partial charge in [0.1, 0.15) is 5.76 Å². The Balaban J connectivity index is 2.01. The molecule has 1 aliphatic heterocycles. The molecule has 1 aromatic heterocycles. The van der Waals surface area contributed by atoms with E-state index < -0.39 is 10.0 Å². The van der Waals surface area contributed by atoms with Crippen LogP contribution in [0.25, 0.3) is 0 Å². The summed E-state index contributed by atoms with van der Waals surface area (Å²) in [6.07, 6.45) is 1.63. The van der Waals surface area contributed by atoms with Gasteiger partial charge < -0.3 is 4.52 Å². The molecule has 0 bridgehead atoms. The predicted octanol–water partition coefficient (Wildman–Crippen LogP) is 3.58. The lowest BCUT2D eigenvalue weighted by Gasteiger charge is -2.24. The standard InChI is InChI=1S/C15H17BrN2O3S/c1-10-15(11(2)21-17-10)14-4-3-9-18(14)22(19,20)13-7-5-12(16)6-8-13/h5-8,14H,3-4,9H2,1-2H3/t14-/m1/s1. The number of hydrogen-bond donors (Lipinski definition) is 0. The van der Waals surface area contributed by atoms with Crippen molar-refractivity contribution in [2.45, 2.75) is 37.6 Å². The number of halogens is 1. The first-order valence-corrected chi connectivity index (χ1v) is 9.35. The van der Waals surface area contributed by atoms with Crippen LogP contribution in [0.4, 0.5) is 0 Å². The summed E-state index contributed by atoms with van der Waals surface area (Å²) < 4.78 is 33.5. The van der Waals surface area contributed by atoms with Crippen molar-refractivity contribution in [2.24, 2.45) is 0 Å². The van der Waals surface area contributed by atoms with E-state index in [1.54, 1.807) is 28.6 Å². The molecule has 1 saturated heterocycles. The molecule has 1 aliphatic rings. The Bertz CT molecular complexity index is 764. The minimum absolute atomic E-state index is 0.195. The van der Waals surface area contributed by atoms with Gasteiger partial charge in [-0.15, -0.1) is 0 Å². The van der Waals surface area contributed by atoms with Gasteiger partial charge in [-0.25, -0.2) is 8.42 Å². The molecule has 2 heterocycles. The number of nitrogens with zero attached hydrogens (tertiary/aromatic N) is 2. The summed E-state index contributed by atoms with van der Waals surface area (Å²) in [6, 6.07) is 6.55. The maximum Gasteiger partial charge on any atom is 0.243 e. The van der Waals surface area contributed by atoms with E-state index >= 15 is 0 Å². The monoisotopic (exact) mass is 384 g/mol. The van der Waals surface area contributed by atoms with Gasteiger partial charge in [-0.05, 0) is 51.0 Å². The van der Waals surface area contributed by atoms with Gasteiger partial charge in [-0.2, -0.15) is 4.31 Å². The molecule has 0 aliphatic carbocycles. The molecule has 7 heteroatoms. The minimum atomic E-state index is -3.52. The molecular formula is C15H17BrN2O3S. The van der Waals surface area contributed by atoms with E-state index in [-0.39, 0.29) is 6.04 Å². The van der Waals surface area contributed by atoms with E-state index in [9.17, 15) is 8.42 Å². The molecular weight excluding hydrogens is 368 g/mol. The lowest BCUT2D eigenvalue weighted by molar-refractivity contribution is 0.376. The fourth-order valence-electron chi connectivity index (χ4n) is 3.02. The molecule has 22 heavy (non-hydrogen) atoms. The third kappa shape index (κ3) is 2.61. The number of sulfonamides is 1. The van der Waals surface area contributed by atoms with Gasteiger partial charge in [-0.3, -0.25) is 0 Å². The summed E-state index contributed by atoms with van der Waals surface area (Å²) >= 11 is 3.33. The van der Waals surface area contributed by atoms with Crippen LogP contribution in [0.15, 0.2) is 38.2 Å². The van der Waals surface area contributed by atoms with Crippen LogP contribution in [0.3, 0.4) is 0 Å². The van der Waals surface area contributed by atoms with Gasteiger partial charge in [0.05, 0.1) is 16.6 Å². The Kier molecular flexibility index (Phi) is 4.13. The topological polar surface area (TPSA) is 63.4 Å². The third-order valence-corrected chi connectivity index (χ3v) is 6.50. The van der Waals surface area contributed by atoms with Crippen molar-refractivity contribution < 1.29 is 12.9 Å². The number of aromatic nitrogens is 1. The second-order valence-electron chi connectivity index (χ2n) is 5.47. The van der Waals surface area contributed by atoms with E-state index in [0.29, 0.717) is 17.2 Å². The van der Waals surface area contributed by atoms with E-state index in [1.165, 1.54) is 0 Å². The SMILES string of the molecule is Cc1noc(C)c1[C@H]1CCCN1S(=O)(=O)c1ccc(Br)cc1. The first-order valence-electron chi connectivity index (χ1n) is 7.11. The molecule has 2 aromatic rings. The summed E-state index contributed by atoms with van der Waals surface area (Å²) in [5.74, 6) is 0.695. The highest BCUT2D eigenvalue weighted by atomic mass is 79.9. The zero-order valence-corrected chi connectivity index (χ0v) is 14.8. The van der Waals surface area contributed by atoms with Crippen LogP contribution in [0.5, 0.6) is 0 Å². The van der Waals surface area contributed by atoms with Crippen LogP contribution < -0.4 is 0 Å². The minimum Gasteiger partial charge on any atom is -0.361 e. The summed E-state index contributed by atoms with van der Waals surface area (Å²) in [5, 5.41) is 3.96. The Labute approximate surface area is 138 Å². The average molecular weight is 385 g/mol. The summed E-state index contributed by atoms with van der Waals surface area (Å²) in [4.78, 5) is 0.314. The van der Waals surface area contributed by atoms with Crippen LogP contribution in [-0.4, -0.2) is 24.4 Å². The first-order chi connectivity index (χ1) is 10.4. The summed E-state index contributed by atoms with van der Waals surface area (Å²) in [6.45, 7) is 4.21. The van der Waals surface area contributed by atoms with Crippen molar-refractivity contribution >= 4 is 26.0 Å². The van der Waals surface area contributed by atoms with Gasteiger partial charge in [0, 0.05) is 16.6 Å². The maximum atomic E-state index is 12.9. The zero-order chi connectivity index (χ0) is 15.9. The fraction of sp³-hybridized carbons (Fsp3) is 0.400. The van der Waals surface area contributed by atoms with Gasteiger partial charge in [0.15, 0.2) is 0 Å². The Morgan fingerprint density at radius 1 is 1.27 bits per heavy atom. The number of benzene rings is 1. The van der Waals surface area contributed by atoms with Crippen molar-refractivity contribution in [1.29, 1.82) is 0 Å². The lowest BCUT2D eigenvalue weighted by atomic mass is 10.0. The molecule has 0 unspecified atom stereocenters. The highest BCUT2D eigenvalue weighted by Crippen LogP contribution is 2.39. The van der Waals surface area contributed by atoms with E-state index in [2.05, 4.69) is 21.1 Å². The molecule has 0 spiro atoms. The van der Waals surface area contributed by atoms with Crippen molar-refractivity contribution in [3.05, 3.63) is 45.8 Å². The van der Waals surface area contributed by atoms with E-state index in [0.717, 1.165) is 28.6 Å². The number of rotatable bonds is 3. The van der Waals surface area contributed by atoms with Crippen LogP contribution in [0.1, 0.15) is 35.9 Å². The molecule has 1 aromatic carbocycles. The van der Waals surface area contributed by atoms with Crippen LogP contribution >= 0.6 is 15.9 Å². The second-order valence-corrected chi connectivity index (χ2v) is 8.27. The molecule has 0 N–H and O–H groups in total. The third-order valence-electron chi connectivity index (χ3n) is 4.05. The van der Waals surface area contributed by atoms with Crippen molar-refractivity contribution in [3.63, 3.8) is 0 Å². The highest BCUT2D eigenvalue weighted by Gasteiger charge is 2.38. The first kappa shape index (κ1) is 15.7. The Hall–Kier alpha value is -1.18. The lowest BCUT2D eigenvalue weighted by Crippen LogP contribution is -2.31. The Morgan fingerprint density at radius 2 is 1.95 bits per heavy atom. The van der Waals surface area contributed by atoms with Crippen LogP contribution in [0, 0.1) is 13.8 Å². The molecule has 118 valence electrons. The van der Waals surface area contributed by atoms with Crippen molar-refractivity contribution in [2.75, 3.05) is 6.54 Å². The second kappa shape index (κ2) is 5.79. The van der Waals surface area contributed by atoms with E-state index in [1.807, 2.05) is 13.8 Å².